The van der Waals surface area contributed by atoms with Gasteiger partial charge < -0.3 is 5.32 Å². The highest BCUT2D eigenvalue weighted by Crippen LogP contribution is 2.32. The first kappa shape index (κ1) is 11.5. The number of nitrogens with one attached hydrogen (secondary N) is 1. The SMILES string of the molecule is c1ccc2c(c1)CCC(c1cc3ccccc3cn1)N2. The first-order valence-electron chi connectivity index (χ1n) is 7.09. The summed E-state index contributed by atoms with van der Waals surface area (Å²) in [5, 5.41) is 6.08. The Labute approximate surface area is 118 Å². The molecule has 0 fully saturated rings. The van der Waals surface area contributed by atoms with Gasteiger partial charge in [-0.25, -0.2) is 0 Å². The zero-order valence-corrected chi connectivity index (χ0v) is 11.2. The van der Waals surface area contributed by atoms with E-state index < -0.39 is 0 Å². The summed E-state index contributed by atoms with van der Waals surface area (Å²) in [7, 11) is 0. The lowest BCUT2D eigenvalue weighted by Crippen LogP contribution is -2.18. The number of nitrogens with zero attached hydrogens (tertiary/aromatic N) is 1. The number of aromatic nitrogens is 1. The Morgan fingerprint density at radius 3 is 2.70 bits per heavy atom. The lowest BCUT2D eigenvalue weighted by atomic mass is 9.95. The minimum absolute atomic E-state index is 0.314. The second-order valence-electron chi connectivity index (χ2n) is 5.35. The van der Waals surface area contributed by atoms with Crippen molar-refractivity contribution < 1.29 is 0 Å². The highest BCUT2D eigenvalue weighted by molar-refractivity contribution is 5.82. The van der Waals surface area contributed by atoms with Gasteiger partial charge in [-0.3, -0.25) is 4.98 Å². The number of pyridine rings is 1. The molecule has 98 valence electrons. The number of hydrogen-bond donors (Lipinski definition) is 1. The fraction of sp³-hybridized carbons (Fsp3) is 0.167. The van der Waals surface area contributed by atoms with Gasteiger partial charge in [0.2, 0.25) is 0 Å². The molecule has 1 aliphatic rings. The van der Waals surface area contributed by atoms with Gasteiger partial charge in [-0.1, -0.05) is 42.5 Å². The smallest absolute Gasteiger partial charge is 0.0688 e. The van der Waals surface area contributed by atoms with Crippen molar-refractivity contribution >= 4 is 16.5 Å². The quantitative estimate of drug-likeness (QED) is 0.704. The van der Waals surface area contributed by atoms with E-state index in [1.165, 1.54) is 22.0 Å². The molecule has 0 saturated carbocycles. The van der Waals surface area contributed by atoms with Crippen molar-refractivity contribution in [3.05, 3.63) is 72.1 Å². The Kier molecular flexibility index (Phi) is 2.66. The van der Waals surface area contributed by atoms with Crippen LogP contribution >= 0.6 is 0 Å². The van der Waals surface area contributed by atoms with Gasteiger partial charge >= 0.3 is 0 Å². The molecule has 3 aromatic rings. The summed E-state index contributed by atoms with van der Waals surface area (Å²) in [6.45, 7) is 0. The molecule has 1 aromatic heterocycles. The van der Waals surface area contributed by atoms with Gasteiger partial charge in [0.15, 0.2) is 0 Å². The number of fused-ring (bicyclic) bond motifs is 2. The normalized spacial score (nSPS) is 17.5. The molecule has 1 aliphatic heterocycles. The number of anilines is 1. The molecule has 0 aliphatic carbocycles. The van der Waals surface area contributed by atoms with Crippen molar-refractivity contribution in [2.45, 2.75) is 18.9 Å². The molecule has 4 rings (SSSR count). The number of para-hydroxylation sites is 1. The van der Waals surface area contributed by atoms with Crippen LogP contribution in [0.15, 0.2) is 60.8 Å². The third-order valence-corrected chi connectivity index (χ3v) is 4.06. The predicted molar refractivity (Wildman–Crippen MR) is 82.9 cm³/mol. The third kappa shape index (κ3) is 1.94. The van der Waals surface area contributed by atoms with Gasteiger partial charge in [-0.05, 0) is 35.9 Å². The van der Waals surface area contributed by atoms with Crippen LogP contribution in [0.25, 0.3) is 10.8 Å². The van der Waals surface area contributed by atoms with Gasteiger partial charge in [-0.2, -0.15) is 0 Å². The third-order valence-electron chi connectivity index (χ3n) is 4.06. The van der Waals surface area contributed by atoms with Crippen LogP contribution < -0.4 is 5.32 Å². The maximum Gasteiger partial charge on any atom is 0.0688 e. The summed E-state index contributed by atoms with van der Waals surface area (Å²) in [5.74, 6) is 0. The second kappa shape index (κ2) is 4.64. The molecule has 0 radical (unpaired) electrons. The maximum atomic E-state index is 4.64. The molecular weight excluding hydrogens is 244 g/mol. The van der Waals surface area contributed by atoms with E-state index in [-0.39, 0.29) is 0 Å². The molecule has 2 heterocycles. The summed E-state index contributed by atoms with van der Waals surface area (Å²) in [5.41, 5.74) is 3.79. The number of rotatable bonds is 1. The zero-order chi connectivity index (χ0) is 13.4. The molecule has 2 nitrogen and oxygen atoms in total. The molecule has 0 amide bonds. The Bertz CT molecular complexity index is 764. The Balaban J connectivity index is 1.70. The van der Waals surface area contributed by atoms with E-state index in [4.69, 9.17) is 0 Å². The minimum atomic E-state index is 0.314. The lowest BCUT2D eigenvalue weighted by Gasteiger charge is -2.26. The van der Waals surface area contributed by atoms with Crippen molar-refractivity contribution in [3.8, 4) is 0 Å². The Morgan fingerprint density at radius 2 is 1.75 bits per heavy atom. The summed E-state index contributed by atoms with van der Waals surface area (Å²) in [4.78, 5) is 4.64. The van der Waals surface area contributed by atoms with E-state index in [0.717, 1.165) is 18.5 Å². The highest BCUT2D eigenvalue weighted by Gasteiger charge is 2.19. The van der Waals surface area contributed by atoms with E-state index in [2.05, 4.69) is 64.9 Å². The van der Waals surface area contributed by atoms with Crippen LogP contribution in [0.5, 0.6) is 0 Å². The van der Waals surface area contributed by atoms with E-state index >= 15 is 0 Å². The summed E-state index contributed by atoms with van der Waals surface area (Å²) in [6, 6.07) is 19.5. The van der Waals surface area contributed by atoms with Crippen molar-refractivity contribution in [3.63, 3.8) is 0 Å². The van der Waals surface area contributed by atoms with Crippen molar-refractivity contribution in [2.75, 3.05) is 5.32 Å². The van der Waals surface area contributed by atoms with Crippen molar-refractivity contribution in [1.29, 1.82) is 0 Å². The van der Waals surface area contributed by atoms with Crippen LogP contribution in [-0.4, -0.2) is 4.98 Å². The molecule has 1 N–H and O–H groups in total. The molecule has 1 atom stereocenters. The van der Waals surface area contributed by atoms with Gasteiger partial charge in [0.05, 0.1) is 11.7 Å². The molecular formula is C18H16N2. The lowest BCUT2D eigenvalue weighted by molar-refractivity contribution is 0.652. The fourth-order valence-electron chi connectivity index (χ4n) is 2.95. The molecule has 2 heteroatoms. The van der Waals surface area contributed by atoms with E-state index in [1.54, 1.807) is 0 Å². The Morgan fingerprint density at radius 1 is 0.950 bits per heavy atom. The predicted octanol–water partition coefficient (Wildman–Crippen LogP) is 4.33. The largest absolute Gasteiger partial charge is 0.376 e. The number of aryl methyl sites for hydroxylation is 1. The molecule has 1 unspecified atom stereocenters. The van der Waals surface area contributed by atoms with Crippen LogP contribution in [0, 0.1) is 0 Å². The summed E-state index contributed by atoms with van der Waals surface area (Å²) < 4.78 is 0. The molecule has 0 saturated heterocycles. The fourth-order valence-corrected chi connectivity index (χ4v) is 2.95. The molecule has 20 heavy (non-hydrogen) atoms. The topological polar surface area (TPSA) is 24.9 Å². The zero-order valence-electron chi connectivity index (χ0n) is 11.2. The van der Waals surface area contributed by atoms with E-state index in [9.17, 15) is 0 Å². The van der Waals surface area contributed by atoms with Crippen molar-refractivity contribution in [1.82, 2.24) is 4.98 Å². The molecule has 2 aromatic carbocycles. The minimum Gasteiger partial charge on any atom is -0.376 e. The summed E-state index contributed by atoms with van der Waals surface area (Å²) in [6.07, 6.45) is 4.19. The van der Waals surface area contributed by atoms with Gasteiger partial charge in [0, 0.05) is 17.3 Å². The molecule has 0 spiro atoms. The van der Waals surface area contributed by atoms with Gasteiger partial charge in [0.25, 0.3) is 0 Å². The van der Waals surface area contributed by atoms with Gasteiger partial charge in [0.1, 0.15) is 0 Å². The monoisotopic (exact) mass is 260 g/mol. The number of benzene rings is 2. The van der Waals surface area contributed by atoms with Crippen LogP contribution in [0.4, 0.5) is 5.69 Å². The van der Waals surface area contributed by atoms with Crippen LogP contribution in [-0.2, 0) is 6.42 Å². The van der Waals surface area contributed by atoms with Crippen LogP contribution in [0.2, 0.25) is 0 Å². The van der Waals surface area contributed by atoms with Crippen molar-refractivity contribution in [2.24, 2.45) is 0 Å². The van der Waals surface area contributed by atoms with Crippen LogP contribution in [0.3, 0.4) is 0 Å². The number of hydrogen-bond acceptors (Lipinski definition) is 2. The Hall–Kier alpha value is -2.35. The van der Waals surface area contributed by atoms with E-state index in [1.807, 2.05) is 6.20 Å². The average molecular weight is 260 g/mol. The van der Waals surface area contributed by atoms with Gasteiger partial charge in [-0.15, -0.1) is 0 Å². The standard InChI is InChI=1S/C18H16N2/c1-2-7-15-12-19-18(11-14(15)6-1)17-10-9-13-5-3-4-8-16(13)20-17/h1-8,11-12,17,20H,9-10H2. The van der Waals surface area contributed by atoms with Crippen LogP contribution in [0.1, 0.15) is 23.7 Å². The first-order valence-corrected chi connectivity index (χ1v) is 7.09. The highest BCUT2D eigenvalue weighted by atomic mass is 15.0. The maximum absolute atomic E-state index is 4.64. The van der Waals surface area contributed by atoms with E-state index in [0.29, 0.717) is 6.04 Å². The summed E-state index contributed by atoms with van der Waals surface area (Å²) >= 11 is 0. The second-order valence-corrected chi connectivity index (χ2v) is 5.35. The first-order chi connectivity index (χ1) is 9.90. The molecule has 0 bridgehead atoms. The average Bonchev–Trinajstić information content (AvgIpc) is 2.54.